The van der Waals surface area contributed by atoms with Crippen LogP contribution < -0.4 is 9.80 Å². The van der Waals surface area contributed by atoms with Crippen LogP contribution >= 0.6 is 0 Å². The first kappa shape index (κ1) is 19.3. The lowest BCUT2D eigenvalue weighted by Crippen LogP contribution is -2.41. The van der Waals surface area contributed by atoms with Crippen LogP contribution in [0.1, 0.15) is 45.4 Å². The van der Waals surface area contributed by atoms with E-state index in [4.69, 9.17) is 4.74 Å². The number of piperidine rings is 2. The Hall–Kier alpha value is -2.45. The molecule has 0 amide bonds. The lowest BCUT2D eigenvalue weighted by molar-refractivity contribution is -0.383. The molecule has 2 saturated heterocycles. The molecule has 2 fully saturated rings. The van der Waals surface area contributed by atoms with Crippen molar-refractivity contribution in [2.45, 2.75) is 51.5 Å². The fraction of sp³-hybridized carbons (Fsp3) is 0.722. The molecule has 1 unspecified atom stereocenters. The molecule has 2 aliphatic heterocycles. The second kappa shape index (κ2) is 8.49. The van der Waals surface area contributed by atoms with Gasteiger partial charge >= 0.3 is 11.7 Å². The molecule has 9 nitrogen and oxygen atoms in total. The number of esters is 1. The summed E-state index contributed by atoms with van der Waals surface area (Å²) >= 11 is 0. The van der Waals surface area contributed by atoms with Crippen LogP contribution in [0.15, 0.2) is 6.33 Å². The summed E-state index contributed by atoms with van der Waals surface area (Å²) in [6, 6.07) is 0.269. The van der Waals surface area contributed by atoms with Gasteiger partial charge in [0.05, 0.1) is 18.0 Å². The Kier molecular flexibility index (Phi) is 6.08. The summed E-state index contributed by atoms with van der Waals surface area (Å²) in [7, 11) is 1.39. The van der Waals surface area contributed by atoms with E-state index in [0.717, 1.165) is 32.2 Å². The Morgan fingerprint density at radius 1 is 1.22 bits per heavy atom. The predicted octanol–water partition coefficient (Wildman–Crippen LogP) is 2.54. The van der Waals surface area contributed by atoms with Gasteiger partial charge in [-0.2, -0.15) is 0 Å². The van der Waals surface area contributed by atoms with Crippen LogP contribution in [0.5, 0.6) is 0 Å². The molecule has 0 saturated carbocycles. The van der Waals surface area contributed by atoms with Gasteiger partial charge in [-0.3, -0.25) is 14.9 Å². The van der Waals surface area contributed by atoms with Gasteiger partial charge < -0.3 is 14.5 Å². The summed E-state index contributed by atoms with van der Waals surface area (Å²) in [5.41, 5.74) is -0.0191. The predicted molar refractivity (Wildman–Crippen MR) is 101 cm³/mol. The molecule has 9 heteroatoms. The molecule has 0 bridgehead atoms. The number of hydrogen-bond donors (Lipinski definition) is 0. The molecule has 0 N–H and O–H groups in total. The first-order valence-electron chi connectivity index (χ1n) is 9.65. The van der Waals surface area contributed by atoms with Crippen molar-refractivity contribution in [2.24, 2.45) is 5.92 Å². The van der Waals surface area contributed by atoms with Gasteiger partial charge in [0.1, 0.15) is 6.33 Å². The van der Waals surface area contributed by atoms with Crippen LogP contribution in [-0.4, -0.2) is 53.6 Å². The van der Waals surface area contributed by atoms with Crippen LogP contribution in [0.3, 0.4) is 0 Å². The zero-order valence-electron chi connectivity index (χ0n) is 16.0. The van der Waals surface area contributed by atoms with Crippen molar-refractivity contribution in [3.8, 4) is 0 Å². The lowest BCUT2D eigenvalue weighted by Gasteiger charge is -2.36. The minimum atomic E-state index is -0.363. The largest absolute Gasteiger partial charge is 0.469 e. The van der Waals surface area contributed by atoms with Crippen molar-refractivity contribution in [1.82, 2.24) is 9.97 Å². The minimum absolute atomic E-state index is 0.0191. The Labute approximate surface area is 158 Å². The molecule has 3 heterocycles. The molecule has 27 heavy (non-hydrogen) atoms. The van der Waals surface area contributed by atoms with Crippen LogP contribution in [0.2, 0.25) is 0 Å². The van der Waals surface area contributed by atoms with Crippen molar-refractivity contribution < 1.29 is 14.5 Å². The molecule has 0 radical (unpaired) electrons. The van der Waals surface area contributed by atoms with Gasteiger partial charge in [-0.25, -0.2) is 9.97 Å². The average Bonchev–Trinajstić information content (AvgIpc) is 2.72. The monoisotopic (exact) mass is 377 g/mol. The third-order valence-electron chi connectivity index (χ3n) is 5.67. The van der Waals surface area contributed by atoms with Gasteiger partial charge in [0.25, 0.3) is 0 Å². The normalized spacial score (nSPS) is 21.2. The average molecular weight is 377 g/mol. The van der Waals surface area contributed by atoms with E-state index < -0.39 is 0 Å². The third kappa shape index (κ3) is 3.96. The summed E-state index contributed by atoms with van der Waals surface area (Å²) in [4.78, 5) is 35.8. The molecular formula is C18H27N5O4. The molecular weight excluding hydrogens is 350 g/mol. The fourth-order valence-corrected chi connectivity index (χ4v) is 4.16. The lowest BCUT2D eigenvalue weighted by atomic mass is 9.97. The zero-order valence-corrected chi connectivity index (χ0v) is 16.0. The van der Waals surface area contributed by atoms with E-state index in [-0.39, 0.29) is 28.5 Å². The van der Waals surface area contributed by atoms with Gasteiger partial charge in [-0.15, -0.1) is 0 Å². The summed E-state index contributed by atoms with van der Waals surface area (Å²) in [6.07, 6.45) is 6.73. The second-order valence-electron chi connectivity index (χ2n) is 7.16. The highest BCUT2D eigenvalue weighted by atomic mass is 16.6. The van der Waals surface area contributed by atoms with E-state index in [0.29, 0.717) is 37.6 Å². The number of methoxy groups -OCH3 is 1. The molecule has 1 aromatic heterocycles. The molecule has 0 aromatic carbocycles. The fourth-order valence-electron chi connectivity index (χ4n) is 4.16. The number of hydrogen-bond acceptors (Lipinski definition) is 8. The number of anilines is 2. The van der Waals surface area contributed by atoms with E-state index in [1.54, 1.807) is 0 Å². The maximum absolute atomic E-state index is 11.9. The topological polar surface area (TPSA) is 102 Å². The smallest absolute Gasteiger partial charge is 0.353 e. The Morgan fingerprint density at radius 3 is 2.56 bits per heavy atom. The van der Waals surface area contributed by atoms with Crippen LogP contribution in [0, 0.1) is 16.0 Å². The minimum Gasteiger partial charge on any atom is -0.469 e. The van der Waals surface area contributed by atoms with Crippen LogP contribution in [0.4, 0.5) is 17.3 Å². The second-order valence-corrected chi connectivity index (χ2v) is 7.16. The van der Waals surface area contributed by atoms with Gasteiger partial charge in [-0.05, 0) is 38.5 Å². The summed E-state index contributed by atoms with van der Waals surface area (Å²) in [5, 5.41) is 11.9. The first-order chi connectivity index (χ1) is 13.1. The number of aromatic nitrogens is 2. The number of nitro groups is 1. The highest BCUT2D eigenvalue weighted by Crippen LogP contribution is 2.38. The van der Waals surface area contributed by atoms with Crippen molar-refractivity contribution in [1.29, 1.82) is 0 Å². The molecule has 3 rings (SSSR count). The van der Waals surface area contributed by atoms with E-state index >= 15 is 0 Å². The van der Waals surface area contributed by atoms with Gasteiger partial charge in [0.15, 0.2) is 0 Å². The number of rotatable bonds is 5. The molecule has 1 atom stereocenters. The van der Waals surface area contributed by atoms with Gasteiger partial charge in [0, 0.05) is 25.7 Å². The Bertz CT molecular complexity index is 690. The number of carbonyl (C=O) groups is 1. The summed E-state index contributed by atoms with van der Waals surface area (Å²) in [6.45, 7) is 3.96. The van der Waals surface area contributed by atoms with Gasteiger partial charge in [0.2, 0.25) is 11.6 Å². The van der Waals surface area contributed by atoms with Crippen molar-refractivity contribution in [2.75, 3.05) is 36.5 Å². The zero-order chi connectivity index (χ0) is 19.4. The van der Waals surface area contributed by atoms with Crippen molar-refractivity contribution in [3.05, 3.63) is 16.4 Å². The molecule has 148 valence electrons. The van der Waals surface area contributed by atoms with E-state index in [9.17, 15) is 14.9 Å². The molecule has 0 aliphatic carbocycles. The van der Waals surface area contributed by atoms with E-state index in [1.807, 2.05) is 4.90 Å². The standard InChI is InChI=1S/C18H27N5O4/c1-3-14-6-4-5-9-22(14)17-15(23(25)26)16(19-12-20-17)21-10-7-13(8-11-21)18(24)27-2/h12-14H,3-11H2,1-2H3. The van der Waals surface area contributed by atoms with Crippen molar-refractivity contribution in [3.63, 3.8) is 0 Å². The summed E-state index contributed by atoms with van der Waals surface area (Å²) < 4.78 is 4.82. The van der Waals surface area contributed by atoms with Crippen molar-refractivity contribution >= 4 is 23.3 Å². The maximum Gasteiger partial charge on any atom is 0.353 e. The van der Waals surface area contributed by atoms with Gasteiger partial charge in [-0.1, -0.05) is 6.92 Å². The highest BCUT2D eigenvalue weighted by molar-refractivity contribution is 5.74. The molecule has 1 aromatic rings. The summed E-state index contributed by atoms with van der Waals surface area (Å²) in [5.74, 6) is 0.408. The van der Waals surface area contributed by atoms with Crippen LogP contribution in [-0.2, 0) is 9.53 Å². The highest BCUT2D eigenvalue weighted by Gasteiger charge is 2.35. The number of nitrogens with zero attached hydrogens (tertiary/aromatic N) is 5. The molecule has 2 aliphatic rings. The van der Waals surface area contributed by atoms with E-state index in [2.05, 4.69) is 21.8 Å². The number of carbonyl (C=O) groups excluding carboxylic acids is 1. The SMILES string of the molecule is CCC1CCCCN1c1ncnc(N2CCC(C(=O)OC)CC2)c1[N+](=O)[O-]. The Balaban J connectivity index is 1.88. The molecule has 0 spiro atoms. The number of ether oxygens (including phenoxy) is 1. The quantitative estimate of drug-likeness (QED) is 0.438. The maximum atomic E-state index is 11.9. The van der Waals surface area contributed by atoms with Crippen LogP contribution in [0.25, 0.3) is 0 Å². The Morgan fingerprint density at radius 2 is 1.93 bits per heavy atom. The first-order valence-corrected chi connectivity index (χ1v) is 9.65. The van der Waals surface area contributed by atoms with E-state index in [1.165, 1.54) is 13.4 Å². The third-order valence-corrected chi connectivity index (χ3v) is 5.67.